The van der Waals surface area contributed by atoms with E-state index in [1.165, 1.54) is 5.23 Å². The van der Waals surface area contributed by atoms with Crippen LogP contribution in [-0.4, -0.2) is 11.8 Å². The molecule has 0 saturated carbocycles. The van der Waals surface area contributed by atoms with Gasteiger partial charge in [0.1, 0.15) is 5.76 Å². The predicted molar refractivity (Wildman–Crippen MR) is 68.6 cm³/mol. The van der Waals surface area contributed by atoms with E-state index in [0.29, 0.717) is 6.54 Å². The molecule has 3 nitrogen and oxygen atoms in total. The zero-order valence-electron chi connectivity index (χ0n) is 8.74. The molecule has 0 bridgehead atoms. The van der Waals surface area contributed by atoms with Crippen LogP contribution in [0, 0.1) is 0 Å². The summed E-state index contributed by atoms with van der Waals surface area (Å²) in [6.07, 6.45) is 2.88. The fraction of sp³-hybridized carbons (Fsp3) is 0.273. The third kappa shape index (κ3) is 2.78. The number of hydrogen-bond donors (Lipinski definition) is 0. The van der Waals surface area contributed by atoms with Gasteiger partial charge in [0.05, 0.1) is 11.0 Å². The minimum absolute atomic E-state index is 0.641. The van der Waals surface area contributed by atoms with Crippen LogP contribution in [0.2, 0.25) is 0 Å². The van der Waals surface area contributed by atoms with E-state index in [2.05, 4.69) is 31.9 Å². The van der Waals surface area contributed by atoms with Crippen LogP contribution in [0.4, 0.5) is 0 Å². The van der Waals surface area contributed by atoms with Gasteiger partial charge in [0.2, 0.25) is 0 Å². The Labute approximate surface area is 111 Å². The molecule has 1 heterocycles. The van der Waals surface area contributed by atoms with E-state index >= 15 is 0 Å². The Morgan fingerprint density at radius 1 is 1.44 bits per heavy atom. The monoisotopic (exact) mass is 347 g/mol. The molecule has 0 atom stereocenters. The van der Waals surface area contributed by atoms with Crippen LogP contribution in [0.1, 0.15) is 13.3 Å². The second-order valence-electron chi connectivity index (χ2n) is 3.30. The number of allylic oxidation sites excluding steroid dienone is 1. The maximum Gasteiger partial charge on any atom is 0.166 e. The summed E-state index contributed by atoms with van der Waals surface area (Å²) < 4.78 is 1.86. The van der Waals surface area contributed by atoms with Gasteiger partial charge >= 0.3 is 0 Å². The summed E-state index contributed by atoms with van der Waals surface area (Å²) in [5, 5.41) is 1.46. The van der Waals surface area contributed by atoms with Crippen molar-refractivity contribution < 1.29 is 9.68 Å². The van der Waals surface area contributed by atoms with Crippen molar-refractivity contribution in [3.63, 3.8) is 0 Å². The summed E-state index contributed by atoms with van der Waals surface area (Å²) in [5.74, 6) is 1.66. The second kappa shape index (κ2) is 5.21. The third-order valence-electron chi connectivity index (χ3n) is 2.13. The van der Waals surface area contributed by atoms with Crippen LogP contribution in [0.25, 0.3) is 0 Å². The molecule has 1 aliphatic rings. The summed E-state index contributed by atoms with van der Waals surface area (Å²) >= 11 is 6.82. The predicted octanol–water partition coefficient (Wildman–Crippen LogP) is 4.05. The summed E-state index contributed by atoms with van der Waals surface area (Å²) in [6, 6.07) is 5.75. The first-order chi connectivity index (χ1) is 7.69. The van der Waals surface area contributed by atoms with Gasteiger partial charge in [-0.15, -0.1) is 0 Å². The van der Waals surface area contributed by atoms with Crippen molar-refractivity contribution in [1.29, 1.82) is 0 Å². The lowest BCUT2D eigenvalue weighted by molar-refractivity contribution is -0.275. The number of hydrogen-bond acceptors (Lipinski definition) is 3. The molecule has 0 aromatic heterocycles. The molecule has 0 fully saturated rings. The second-order valence-corrected chi connectivity index (χ2v) is 5.07. The Bertz CT molecular complexity index is 420. The lowest BCUT2D eigenvalue weighted by Crippen LogP contribution is -2.23. The molecular formula is C11H11Br2NO2. The zero-order valence-corrected chi connectivity index (χ0v) is 11.9. The molecule has 0 aliphatic carbocycles. The molecule has 16 heavy (non-hydrogen) atoms. The molecule has 2 rings (SSSR count). The van der Waals surface area contributed by atoms with Gasteiger partial charge in [0.25, 0.3) is 0 Å². The van der Waals surface area contributed by atoms with Gasteiger partial charge in [-0.25, -0.2) is 0 Å². The highest BCUT2D eigenvalue weighted by Gasteiger charge is 2.17. The van der Waals surface area contributed by atoms with Gasteiger partial charge < -0.3 is 9.68 Å². The number of nitrogens with zero attached hydrogens (tertiary/aromatic N) is 1. The quantitative estimate of drug-likeness (QED) is 0.822. The van der Waals surface area contributed by atoms with E-state index in [4.69, 9.17) is 9.68 Å². The van der Waals surface area contributed by atoms with Crippen LogP contribution in [0.3, 0.4) is 0 Å². The fourth-order valence-corrected chi connectivity index (χ4v) is 1.96. The van der Waals surface area contributed by atoms with Crippen molar-refractivity contribution in [2.75, 3.05) is 6.54 Å². The van der Waals surface area contributed by atoms with Crippen molar-refractivity contribution in [3.8, 4) is 5.75 Å². The van der Waals surface area contributed by atoms with Crippen LogP contribution in [-0.2, 0) is 4.84 Å². The van der Waals surface area contributed by atoms with Crippen molar-refractivity contribution in [3.05, 3.63) is 39.0 Å². The zero-order chi connectivity index (χ0) is 11.5. The number of halogens is 2. The standard InChI is InChI=1S/C11H11Br2NO2/c1-2-9-5-6-14(15-9)16-11-7-8(12)3-4-10(11)13/h3-5,7H,2,6H2,1H3. The Balaban J connectivity index is 2.03. The number of rotatable bonds is 3. The Morgan fingerprint density at radius 3 is 2.94 bits per heavy atom. The minimum atomic E-state index is 0.641. The van der Waals surface area contributed by atoms with E-state index in [-0.39, 0.29) is 0 Å². The van der Waals surface area contributed by atoms with Gasteiger partial charge in [0, 0.05) is 16.1 Å². The number of benzene rings is 1. The molecule has 0 amide bonds. The maximum atomic E-state index is 5.60. The highest BCUT2D eigenvalue weighted by atomic mass is 79.9. The molecule has 0 N–H and O–H groups in total. The third-order valence-corrected chi connectivity index (χ3v) is 3.28. The van der Waals surface area contributed by atoms with Gasteiger partial charge in [-0.3, -0.25) is 0 Å². The van der Waals surface area contributed by atoms with Gasteiger partial charge in [-0.05, 0) is 40.2 Å². The van der Waals surface area contributed by atoms with Gasteiger partial charge in [-0.2, -0.15) is 0 Å². The highest BCUT2D eigenvalue weighted by molar-refractivity contribution is 9.11. The van der Waals surface area contributed by atoms with E-state index in [9.17, 15) is 0 Å². The van der Waals surface area contributed by atoms with Crippen molar-refractivity contribution in [2.45, 2.75) is 13.3 Å². The van der Waals surface area contributed by atoms with Crippen molar-refractivity contribution in [1.82, 2.24) is 5.23 Å². The molecule has 0 saturated heterocycles. The molecule has 1 aromatic rings. The normalized spacial score (nSPS) is 15.8. The Kier molecular flexibility index (Phi) is 3.89. The van der Waals surface area contributed by atoms with Crippen LogP contribution in [0.15, 0.2) is 39.0 Å². The average Bonchev–Trinajstić information content (AvgIpc) is 2.71. The van der Waals surface area contributed by atoms with E-state index < -0.39 is 0 Å². The molecule has 5 heteroatoms. The topological polar surface area (TPSA) is 21.7 Å². The summed E-state index contributed by atoms with van der Waals surface area (Å²) in [5.41, 5.74) is 0. The molecule has 0 radical (unpaired) electrons. The van der Waals surface area contributed by atoms with E-state index in [1.807, 2.05) is 31.2 Å². The lowest BCUT2D eigenvalue weighted by atomic mass is 10.3. The molecule has 1 aliphatic heterocycles. The Morgan fingerprint density at radius 2 is 2.25 bits per heavy atom. The van der Waals surface area contributed by atoms with Crippen LogP contribution < -0.4 is 4.84 Å². The average molecular weight is 349 g/mol. The van der Waals surface area contributed by atoms with Crippen LogP contribution >= 0.6 is 31.9 Å². The molecule has 0 unspecified atom stereocenters. The number of hydroxylamine groups is 2. The first-order valence-corrected chi connectivity index (χ1v) is 6.55. The van der Waals surface area contributed by atoms with E-state index in [1.54, 1.807) is 0 Å². The first kappa shape index (κ1) is 12.0. The largest absolute Gasteiger partial charge is 0.376 e. The Hall–Kier alpha value is -0.520. The van der Waals surface area contributed by atoms with E-state index in [0.717, 1.165) is 26.9 Å². The van der Waals surface area contributed by atoms with Gasteiger partial charge in [-0.1, -0.05) is 22.9 Å². The maximum absolute atomic E-state index is 5.60. The van der Waals surface area contributed by atoms with Crippen LogP contribution in [0.5, 0.6) is 5.75 Å². The lowest BCUT2D eigenvalue weighted by Gasteiger charge is -2.17. The highest BCUT2D eigenvalue weighted by Crippen LogP contribution is 2.30. The molecule has 0 spiro atoms. The fourth-order valence-electron chi connectivity index (χ4n) is 1.30. The summed E-state index contributed by atoms with van der Waals surface area (Å²) in [6.45, 7) is 2.69. The smallest absolute Gasteiger partial charge is 0.166 e. The van der Waals surface area contributed by atoms with Crippen molar-refractivity contribution in [2.24, 2.45) is 0 Å². The molecule has 86 valence electrons. The summed E-state index contributed by atoms with van der Waals surface area (Å²) in [7, 11) is 0. The first-order valence-electron chi connectivity index (χ1n) is 4.96. The van der Waals surface area contributed by atoms with Crippen molar-refractivity contribution >= 4 is 31.9 Å². The summed E-state index contributed by atoms with van der Waals surface area (Å²) in [4.78, 5) is 11.0. The molecular weight excluding hydrogens is 338 g/mol. The minimum Gasteiger partial charge on any atom is -0.376 e. The molecule has 1 aromatic carbocycles. The SMILES string of the molecule is CCC1=CCN(Oc2cc(Br)ccc2Br)O1. The van der Waals surface area contributed by atoms with Gasteiger partial charge in [0.15, 0.2) is 5.75 Å².